The molecule has 6 atom stereocenters. The van der Waals surface area contributed by atoms with Crippen molar-refractivity contribution in [1.29, 1.82) is 0 Å². The van der Waals surface area contributed by atoms with Gasteiger partial charge < -0.3 is 4.79 Å². The average Bonchev–Trinajstić information content (AvgIpc) is 3.22. The fraction of sp³-hybridized carbons (Fsp3) is 0.526. The first-order chi connectivity index (χ1) is 12.8. The molecule has 2 bridgehead atoms. The summed E-state index contributed by atoms with van der Waals surface area (Å²) in [6, 6.07) is 7.20. The van der Waals surface area contributed by atoms with Crippen molar-refractivity contribution in [2.75, 3.05) is 12.8 Å². The molecule has 27 heavy (non-hydrogen) atoms. The Balaban J connectivity index is 1.76. The van der Waals surface area contributed by atoms with Gasteiger partial charge in [0.2, 0.25) is 11.1 Å². The van der Waals surface area contributed by atoms with Crippen LogP contribution in [0.2, 0.25) is 0 Å². The summed E-state index contributed by atoms with van der Waals surface area (Å²) in [4.78, 5) is 36.4. The van der Waals surface area contributed by atoms with E-state index in [2.05, 4.69) is 0 Å². The number of amides is 1. The molecule has 2 aliphatic rings. The summed E-state index contributed by atoms with van der Waals surface area (Å²) in [5.41, 5.74) is 1.05. The molecule has 2 saturated carbocycles. The van der Waals surface area contributed by atoms with E-state index in [1.54, 1.807) is 12.1 Å². The summed E-state index contributed by atoms with van der Waals surface area (Å²) in [6.07, 6.45) is 2.49. The van der Waals surface area contributed by atoms with Gasteiger partial charge >= 0.3 is 0 Å². The second-order valence-electron chi connectivity index (χ2n) is 7.24. The molecule has 0 radical (unpaired) electrons. The van der Waals surface area contributed by atoms with Gasteiger partial charge in [-0.05, 0) is 55.3 Å². The molecule has 0 N–H and O–H groups in total. The van der Waals surface area contributed by atoms with Crippen LogP contribution in [-0.4, -0.2) is 44.0 Å². The number of carbonyl (C=O) groups excluding carboxylic acids is 3. The van der Waals surface area contributed by atoms with E-state index >= 15 is 0 Å². The quantitative estimate of drug-likeness (QED) is 0.494. The zero-order valence-electron chi connectivity index (χ0n) is 15.2. The van der Waals surface area contributed by atoms with Gasteiger partial charge in [0.05, 0.1) is 16.6 Å². The molecule has 3 rings (SSSR count). The molecule has 0 spiro atoms. The van der Waals surface area contributed by atoms with Crippen LogP contribution in [0, 0.1) is 30.6 Å². The predicted octanol–water partition coefficient (Wildman–Crippen LogP) is 2.81. The summed E-state index contributed by atoms with van der Waals surface area (Å²) in [6.45, 7) is 1.94. The van der Waals surface area contributed by atoms with Crippen molar-refractivity contribution in [1.82, 2.24) is 4.31 Å². The molecule has 1 aromatic carbocycles. The Kier molecular flexibility index (Phi) is 6.43. The Bertz CT molecular complexity index is 769. The van der Waals surface area contributed by atoms with E-state index in [1.165, 1.54) is 23.1 Å². The number of carbonyl (C=O) groups is 3. The SMILES string of the molecule is Cc1ccc(S(=O)N(C)C(=O)C2C(C=O)C3CC(SCC(=O)Cl)C2C3)cc1. The van der Waals surface area contributed by atoms with Crippen LogP contribution in [0.15, 0.2) is 29.2 Å². The maximum atomic E-state index is 13.1. The molecule has 5 nitrogen and oxygen atoms in total. The van der Waals surface area contributed by atoms with Gasteiger partial charge in [-0.3, -0.25) is 13.9 Å². The number of fused-ring (bicyclic) bond motifs is 2. The Hall–Kier alpha value is -1.18. The third-order valence-corrected chi connectivity index (χ3v) is 8.69. The second kappa shape index (κ2) is 8.45. The molecular formula is C19H22ClNO4S2. The van der Waals surface area contributed by atoms with E-state index in [1.807, 2.05) is 19.1 Å². The van der Waals surface area contributed by atoms with Crippen molar-refractivity contribution in [3.63, 3.8) is 0 Å². The standard InChI is InChI=1S/C19H22ClNO4S2/c1-11-3-5-13(6-4-11)27(25)21(2)19(24)18-14-7-12(15(18)9-22)8-16(14)26-10-17(20)23/h3-6,9,12,14-16,18H,7-8,10H2,1-2H3. The number of aldehydes is 1. The Labute approximate surface area is 170 Å². The molecule has 0 heterocycles. The highest BCUT2D eigenvalue weighted by atomic mass is 35.5. The van der Waals surface area contributed by atoms with Crippen molar-refractivity contribution in [2.24, 2.45) is 23.7 Å². The Morgan fingerprint density at radius 2 is 1.96 bits per heavy atom. The zero-order chi connectivity index (χ0) is 19.7. The fourth-order valence-electron chi connectivity index (χ4n) is 4.35. The normalized spacial score (nSPS) is 30.1. The van der Waals surface area contributed by atoms with Gasteiger partial charge in [0.25, 0.3) is 0 Å². The Morgan fingerprint density at radius 3 is 2.56 bits per heavy atom. The molecule has 8 heteroatoms. The third kappa shape index (κ3) is 4.15. The van der Waals surface area contributed by atoms with Crippen LogP contribution in [-0.2, 0) is 25.4 Å². The molecular weight excluding hydrogens is 406 g/mol. The molecule has 2 aliphatic carbocycles. The number of benzene rings is 1. The van der Waals surface area contributed by atoms with Crippen molar-refractivity contribution in [2.45, 2.75) is 29.9 Å². The lowest BCUT2D eigenvalue weighted by Crippen LogP contribution is -2.43. The average molecular weight is 428 g/mol. The van der Waals surface area contributed by atoms with Gasteiger partial charge in [0.1, 0.15) is 6.29 Å². The van der Waals surface area contributed by atoms with E-state index in [0.717, 1.165) is 24.7 Å². The number of halogens is 1. The molecule has 0 aliphatic heterocycles. The van der Waals surface area contributed by atoms with Crippen LogP contribution >= 0.6 is 23.4 Å². The fourth-order valence-corrected chi connectivity index (χ4v) is 6.77. The minimum absolute atomic E-state index is 0.0104. The maximum absolute atomic E-state index is 13.1. The highest BCUT2D eigenvalue weighted by molar-refractivity contribution is 8.00. The van der Waals surface area contributed by atoms with Crippen LogP contribution in [0.5, 0.6) is 0 Å². The number of rotatable bonds is 7. The van der Waals surface area contributed by atoms with E-state index < -0.39 is 22.1 Å². The lowest BCUT2D eigenvalue weighted by molar-refractivity contribution is -0.135. The molecule has 0 aromatic heterocycles. The molecule has 1 aromatic rings. The monoisotopic (exact) mass is 427 g/mol. The summed E-state index contributed by atoms with van der Waals surface area (Å²) in [5.74, 6) is -0.734. The predicted molar refractivity (Wildman–Crippen MR) is 107 cm³/mol. The first-order valence-corrected chi connectivity index (χ1v) is 11.4. The minimum atomic E-state index is -1.62. The lowest BCUT2D eigenvalue weighted by atomic mass is 9.79. The van der Waals surface area contributed by atoms with Gasteiger partial charge in [0.15, 0.2) is 11.0 Å². The van der Waals surface area contributed by atoms with Gasteiger partial charge in [-0.15, -0.1) is 11.8 Å². The lowest BCUT2D eigenvalue weighted by Gasteiger charge is -2.33. The van der Waals surface area contributed by atoms with Crippen molar-refractivity contribution in [3.05, 3.63) is 29.8 Å². The van der Waals surface area contributed by atoms with E-state index in [9.17, 15) is 18.6 Å². The van der Waals surface area contributed by atoms with Gasteiger partial charge in [-0.1, -0.05) is 17.7 Å². The van der Waals surface area contributed by atoms with E-state index in [-0.39, 0.29) is 34.7 Å². The number of hydrogen-bond acceptors (Lipinski definition) is 5. The molecule has 0 saturated heterocycles. The minimum Gasteiger partial charge on any atom is -0.303 e. The summed E-state index contributed by atoms with van der Waals surface area (Å²) < 4.78 is 14.1. The van der Waals surface area contributed by atoms with Crippen molar-refractivity contribution >= 4 is 51.8 Å². The van der Waals surface area contributed by atoms with Crippen LogP contribution in [0.1, 0.15) is 18.4 Å². The Morgan fingerprint density at radius 1 is 1.30 bits per heavy atom. The number of hydrogen-bond donors (Lipinski definition) is 0. The van der Waals surface area contributed by atoms with E-state index in [4.69, 9.17) is 11.6 Å². The summed E-state index contributed by atoms with van der Waals surface area (Å²) in [7, 11) is -0.0936. The topological polar surface area (TPSA) is 71.5 Å². The molecule has 2 fully saturated rings. The van der Waals surface area contributed by atoms with Gasteiger partial charge in [-0.25, -0.2) is 4.21 Å². The zero-order valence-corrected chi connectivity index (χ0v) is 17.6. The van der Waals surface area contributed by atoms with E-state index in [0.29, 0.717) is 4.90 Å². The first-order valence-electron chi connectivity index (χ1n) is 8.84. The van der Waals surface area contributed by atoms with Crippen molar-refractivity contribution in [3.8, 4) is 0 Å². The first kappa shape index (κ1) is 20.6. The van der Waals surface area contributed by atoms with Gasteiger partial charge in [-0.2, -0.15) is 0 Å². The van der Waals surface area contributed by atoms with Crippen molar-refractivity contribution < 1.29 is 18.6 Å². The third-order valence-electron chi connectivity index (χ3n) is 5.64. The van der Waals surface area contributed by atoms with Crippen LogP contribution in [0.25, 0.3) is 0 Å². The molecule has 6 unspecified atom stereocenters. The number of nitrogens with zero attached hydrogens (tertiary/aromatic N) is 1. The summed E-state index contributed by atoms with van der Waals surface area (Å²) in [5, 5.41) is -0.278. The van der Waals surface area contributed by atoms with Crippen LogP contribution < -0.4 is 0 Å². The van der Waals surface area contributed by atoms with Gasteiger partial charge in [0, 0.05) is 18.2 Å². The summed E-state index contributed by atoms with van der Waals surface area (Å²) >= 11 is 6.92. The molecule has 1 amide bonds. The number of aryl methyl sites for hydroxylation is 1. The number of thioether (sulfide) groups is 1. The second-order valence-corrected chi connectivity index (χ2v) is 10.4. The maximum Gasteiger partial charge on any atom is 0.238 e. The van der Waals surface area contributed by atoms with Crippen LogP contribution in [0.4, 0.5) is 0 Å². The largest absolute Gasteiger partial charge is 0.303 e. The highest BCUT2D eigenvalue weighted by Gasteiger charge is 2.56. The van der Waals surface area contributed by atoms with Crippen LogP contribution in [0.3, 0.4) is 0 Å². The molecule has 146 valence electrons. The highest BCUT2D eigenvalue weighted by Crippen LogP contribution is 2.55. The smallest absolute Gasteiger partial charge is 0.238 e.